The van der Waals surface area contributed by atoms with Gasteiger partial charge in [0.1, 0.15) is 0 Å². The fourth-order valence-corrected chi connectivity index (χ4v) is 3.13. The molecular formula is C16H25N3O. The van der Waals surface area contributed by atoms with Crippen molar-refractivity contribution in [3.63, 3.8) is 0 Å². The summed E-state index contributed by atoms with van der Waals surface area (Å²) in [7, 11) is 0. The highest BCUT2D eigenvalue weighted by atomic mass is 16.2. The number of hydrogen-bond acceptors (Lipinski definition) is 3. The van der Waals surface area contributed by atoms with Gasteiger partial charge in [0.15, 0.2) is 0 Å². The number of para-hydroxylation sites is 1. The van der Waals surface area contributed by atoms with Crippen LogP contribution in [0.15, 0.2) is 24.3 Å². The lowest BCUT2D eigenvalue weighted by Gasteiger charge is -2.34. The monoisotopic (exact) mass is 275 g/mol. The normalized spacial score (nSPS) is 23.6. The first kappa shape index (κ1) is 15.0. The van der Waals surface area contributed by atoms with Crippen LogP contribution in [0.1, 0.15) is 25.8 Å². The number of carbonyl (C=O) groups excluding carboxylic acids is 1. The average molecular weight is 275 g/mol. The zero-order chi connectivity index (χ0) is 14.5. The van der Waals surface area contributed by atoms with E-state index in [9.17, 15) is 4.79 Å². The Morgan fingerprint density at radius 2 is 1.95 bits per heavy atom. The molecular weight excluding hydrogens is 250 g/mol. The smallest absolute Gasteiger partial charge is 0.238 e. The Balaban J connectivity index is 1.92. The highest BCUT2D eigenvalue weighted by Gasteiger charge is 2.23. The number of likely N-dealkylation sites (tertiary alicyclic amines) is 1. The van der Waals surface area contributed by atoms with Crippen molar-refractivity contribution < 1.29 is 4.79 Å². The van der Waals surface area contributed by atoms with Crippen LogP contribution in [0.4, 0.5) is 5.69 Å². The summed E-state index contributed by atoms with van der Waals surface area (Å²) < 4.78 is 0. The number of rotatable bonds is 4. The number of hydrogen-bond donors (Lipinski definition) is 2. The van der Waals surface area contributed by atoms with E-state index in [2.05, 4.69) is 24.1 Å². The topological polar surface area (TPSA) is 58.4 Å². The van der Waals surface area contributed by atoms with Crippen LogP contribution in [0.2, 0.25) is 0 Å². The van der Waals surface area contributed by atoms with Gasteiger partial charge < -0.3 is 11.1 Å². The van der Waals surface area contributed by atoms with E-state index in [0.29, 0.717) is 24.9 Å². The Kier molecular flexibility index (Phi) is 5.15. The highest BCUT2D eigenvalue weighted by Crippen LogP contribution is 2.21. The van der Waals surface area contributed by atoms with Crippen molar-refractivity contribution in [2.24, 2.45) is 17.6 Å². The summed E-state index contributed by atoms with van der Waals surface area (Å²) in [5, 5.41) is 2.98. The lowest BCUT2D eigenvalue weighted by atomic mass is 9.92. The Labute approximate surface area is 121 Å². The third kappa shape index (κ3) is 4.05. The van der Waals surface area contributed by atoms with E-state index in [1.165, 1.54) is 6.42 Å². The number of benzene rings is 1. The Bertz CT molecular complexity index is 451. The van der Waals surface area contributed by atoms with Gasteiger partial charge >= 0.3 is 0 Å². The van der Waals surface area contributed by atoms with Gasteiger partial charge in [-0.3, -0.25) is 9.69 Å². The fourth-order valence-electron chi connectivity index (χ4n) is 3.13. The zero-order valence-electron chi connectivity index (χ0n) is 12.4. The van der Waals surface area contributed by atoms with Crippen molar-refractivity contribution in [1.29, 1.82) is 0 Å². The molecule has 4 nitrogen and oxygen atoms in total. The van der Waals surface area contributed by atoms with Gasteiger partial charge in [0.25, 0.3) is 0 Å². The van der Waals surface area contributed by atoms with E-state index in [1.807, 2.05) is 24.3 Å². The van der Waals surface area contributed by atoms with Gasteiger partial charge in [-0.15, -0.1) is 0 Å². The number of anilines is 1. The minimum atomic E-state index is 0.0483. The van der Waals surface area contributed by atoms with Gasteiger partial charge in [-0.2, -0.15) is 0 Å². The number of piperidine rings is 1. The molecule has 1 saturated heterocycles. The molecule has 2 rings (SSSR count). The maximum absolute atomic E-state index is 12.2. The largest absolute Gasteiger partial charge is 0.326 e. The minimum absolute atomic E-state index is 0.0483. The minimum Gasteiger partial charge on any atom is -0.326 e. The molecule has 1 heterocycles. The third-order valence-corrected chi connectivity index (χ3v) is 3.82. The van der Waals surface area contributed by atoms with Crippen LogP contribution in [0.3, 0.4) is 0 Å². The Hall–Kier alpha value is -1.39. The first-order chi connectivity index (χ1) is 9.58. The van der Waals surface area contributed by atoms with Crippen molar-refractivity contribution >= 4 is 11.6 Å². The van der Waals surface area contributed by atoms with Crippen molar-refractivity contribution in [2.75, 3.05) is 25.0 Å². The molecule has 0 aromatic heterocycles. The molecule has 1 amide bonds. The SMILES string of the molecule is CC1CC(C)CN(CC(=O)Nc2ccccc2CN)C1. The molecule has 0 aliphatic carbocycles. The predicted octanol–water partition coefficient (Wildman–Crippen LogP) is 2.06. The third-order valence-electron chi connectivity index (χ3n) is 3.82. The van der Waals surface area contributed by atoms with Crippen molar-refractivity contribution in [3.05, 3.63) is 29.8 Å². The van der Waals surface area contributed by atoms with E-state index < -0.39 is 0 Å². The van der Waals surface area contributed by atoms with Crippen LogP contribution in [0, 0.1) is 11.8 Å². The molecule has 2 atom stereocenters. The summed E-state index contributed by atoms with van der Waals surface area (Å²) in [6.45, 7) is 7.43. The van der Waals surface area contributed by atoms with Crippen LogP contribution >= 0.6 is 0 Å². The first-order valence-corrected chi connectivity index (χ1v) is 7.38. The second-order valence-electron chi connectivity index (χ2n) is 6.05. The van der Waals surface area contributed by atoms with Gasteiger partial charge in [0.05, 0.1) is 6.54 Å². The number of carbonyl (C=O) groups is 1. The van der Waals surface area contributed by atoms with Gasteiger partial charge in [0.2, 0.25) is 5.91 Å². The Morgan fingerprint density at radius 1 is 1.30 bits per heavy atom. The maximum atomic E-state index is 12.2. The van der Waals surface area contributed by atoms with Crippen LogP contribution in [0.5, 0.6) is 0 Å². The molecule has 20 heavy (non-hydrogen) atoms. The van der Waals surface area contributed by atoms with Gasteiger partial charge in [-0.1, -0.05) is 32.0 Å². The summed E-state index contributed by atoms with van der Waals surface area (Å²) in [4.78, 5) is 14.4. The van der Waals surface area contributed by atoms with Crippen LogP contribution in [0.25, 0.3) is 0 Å². The molecule has 0 saturated carbocycles. The lowest BCUT2D eigenvalue weighted by molar-refractivity contribution is -0.117. The van der Waals surface area contributed by atoms with E-state index >= 15 is 0 Å². The predicted molar refractivity (Wildman–Crippen MR) is 82.3 cm³/mol. The van der Waals surface area contributed by atoms with Gasteiger partial charge in [-0.25, -0.2) is 0 Å². The summed E-state index contributed by atoms with van der Waals surface area (Å²) in [6.07, 6.45) is 1.26. The average Bonchev–Trinajstić information content (AvgIpc) is 2.37. The Morgan fingerprint density at radius 3 is 2.60 bits per heavy atom. The zero-order valence-corrected chi connectivity index (χ0v) is 12.4. The molecule has 2 unspecified atom stereocenters. The van der Waals surface area contributed by atoms with Crippen molar-refractivity contribution in [3.8, 4) is 0 Å². The van der Waals surface area contributed by atoms with Crippen molar-refractivity contribution in [2.45, 2.75) is 26.8 Å². The quantitative estimate of drug-likeness (QED) is 0.884. The van der Waals surface area contributed by atoms with E-state index in [-0.39, 0.29) is 5.91 Å². The molecule has 1 aliphatic rings. The van der Waals surface area contributed by atoms with E-state index in [0.717, 1.165) is 24.3 Å². The van der Waals surface area contributed by atoms with Gasteiger partial charge in [0, 0.05) is 25.3 Å². The second kappa shape index (κ2) is 6.86. The molecule has 1 aromatic rings. The number of nitrogens with zero attached hydrogens (tertiary/aromatic N) is 1. The molecule has 1 aromatic carbocycles. The van der Waals surface area contributed by atoms with E-state index in [4.69, 9.17) is 5.73 Å². The van der Waals surface area contributed by atoms with Gasteiger partial charge in [-0.05, 0) is 29.9 Å². The lowest BCUT2D eigenvalue weighted by Crippen LogP contribution is -2.42. The summed E-state index contributed by atoms with van der Waals surface area (Å²) >= 11 is 0. The standard InChI is InChI=1S/C16H25N3O/c1-12-7-13(2)10-19(9-12)11-16(20)18-15-6-4-3-5-14(15)8-17/h3-6,12-13H,7-11,17H2,1-2H3,(H,18,20). The maximum Gasteiger partial charge on any atom is 0.238 e. The molecule has 4 heteroatoms. The molecule has 0 spiro atoms. The molecule has 1 fully saturated rings. The molecule has 0 bridgehead atoms. The second-order valence-corrected chi connectivity index (χ2v) is 6.05. The van der Waals surface area contributed by atoms with Crippen LogP contribution in [-0.2, 0) is 11.3 Å². The first-order valence-electron chi connectivity index (χ1n) is 7.38. The van der Waals surface area contributed by atoms with E-state index in [1.54, 1.807) is 0 Å². The molecule has 1 aliphatic heterocycles. The number of nitrogens with two attached hydrogens (primary N) is 1. The van der Waals surface area contributed by atoms with Crippen molar-refractivity contribution in [1.82, 2.24) is 4.90 Å². The summed E-state index contributed by atoms with van der Waals surface area (Å²) in [6, 6.07) is 7.70. The molecule has 3 N–H and O–H groups in total. The summed E-state index contributed by atoms with van der Waals surface area (Å²) in [5.41, 5.74) is 7.49. The molecule has 0 radical (unpaired) electrons. The number of nitrogens with one attached hydrogen (secondary N) is 1. The van der Waals surface area contributed by atoms with Crippen LogP contribution < -0.4 is 11.1 Å². The molecule has 110 valence electrons. The highest BCUT2D eigenvalue weighted by molar-refractivity contribution is 5.93. The summed E-state index contributed by atoms with van der Waals surface area (Å²) in [5.74, 6) is 1.39. The fraction of sp³-hybridized carbons (Fsp3) is 0.562. The number of amides is 1. The van der Waals surface area contributed by atoms with Crippen LogP contribution in [-0.4, -0.2) is 30.4 Å².